The van der Waals surface area contributed by atoms with Crippen LogP contribution in [0.1, 0.15) is 6.92 Å². The molecule has 0 saturated carbocycles. The van der Waals surface area contributed by atoms with Crippen LogP contribution in [0.15, 0.2) is 0 Å². The van der Waals surface area contributed by atoms with Gasteiger partial charge in [0.15, 0.2) is 0 Å². The third-order valence-electron chi connectivity index (χ3n) is 0. The van der Waals surface area contributed by atoms with E-state index < -0.39 is 5.97 Å². The Bertz CT molecular complexity index is 45.0. The fourth-order valence-corrected chi connectivity index (χ4v) is 0. The predicted octanol–water partition coefficient (Wildman–Crippen LogP) is 1.78. The number of hydrogen-bond acceptors (Lipinski definition) is 1. The molecule has 7 heavy (non-hydrogen) atoms. The van der Waals surface area contributed by atoms with Gasteiger partial charge in [-0.3, -0.25) is 4.79 Å². The van der Waals surface area contributed by atoms with Crippen molar-refractivity contribution in [1.82, 2.24) is 0 Å². The molecule has 0 unspecified atom stereocenters. The molecule has 0 aliphatic heterocycles. The molecule has 0 heterocycles. The first-order valence-electron chi connectivity index (χ1n) is 1.46. The molecule has 0 aromatic heterocycles. The monoisotopic (exact) mass is 282 g/mol. The fourth-order valence-electron chi connectivity index (χ4n) is 0. The number of rotatable bonds is 0. The Labute approximate surface area is 63.0 Å². The van der Waals surface area contributed by atoms with E-state index >= 15 is 0 Å². The topological polar surface area (TPSA) is 37.3 Å². The van der Waals surface area contributed by atoms with Crippen LogP contribution in [-0.2, 0) is 18.0 Å². The van der Waals surface area contributed by atoms with Crippen molar-refractivity contribution in [2.24, 2.45) is 0 Å². The van der Waals surface area contributed by atoms with Gasteiger partial charge in [-0.2, -0.15) is 0 Å². The van der Waals surface area contributed by atoms with Gasteiger partial charge in [-0.1, -0.05) is 0 Å². The van der Waals surface area contributed by atoms with Crippen LogP contribution in [0.2, 0.25) is 0 Å². The summed E-state index contributed by atoms with van der Waals surface area (Å²) in [5.74, 6) is -0.833. The summed E-state index contributed by atoms with van der Waals surface area (Å²) in [4.78, 5) is 9.00. The molecular weight excluding hydrogens is 281 g/mol. The Balaban J connectivity index is 0. The van der Waals surface area contributed by atoms with Gasteiger partial charge in [0.05, 0.1) is 0 Å². The molecule has 1 N–H and O–H groups in total. The number of hydrogen-bond donors (Lipinski definition) is 1. The van der Waals surface area contributed by atoms with E-state index in [1.807, 2.05) is 0 Å². The SMILES string of the molecule is CC(=O)O.[Br][Zn][Br]. The normalized spacial score (nSPS) is 5.00. The molecule has 0 atom stereocenters. The maximum atomic E-state index is 9.00. The first-order chi connectivity index (χ1) is 3.15. The zero-order valence-electron chi connectivity index (χ0n) is 3.82. The minimum absolute atomic E-state index is 0.250. The minimum atomic E-state index is -0.833. The van der Waals surface area contributed by atoms with Crippen LogP contribution in [0, 0.1) is 0 Å². The van der Waals surface area contributed by atoms with Gasteiger partial charge in [-0.25, -0.2) is 0 Å². The van der Waals surface area contributed by atoms with Gasteiger partial charge in [0.2, 0.25) is 0 Å². The number of aliphatic carboxylic acids is 1. The summed E-state index contributed by atoms with van der Waals surface area (Å²) in [7, 11) is 0. The van der Waals surface area contributed by atoms with Crippen LogP contribution in [0.25, 0.3) is 0 Å². The fraction of sp³-hybridized carbons (Fsp3) is 0.500. The van der Waals surface area contributed by atoms with Crippen LogP contribution in [-0.4, -0.2) is 11.1 Å². The van der Waals surface area contributed by atoms with Crippen LogP contribution >= 0.6 is 27.2 Å². The number of carboxylic acids is 1. The Hall–Kier alpha value is 1.05. The summed E-state index contributed by atoms with van der Waals surface area (Å²) < 4.78 is 0. The van der Waals surface area contributed by atoms with Gasteiger partial charge in [-0.15, -0.1) is 0 Å². The number of carbonyl (C=O) groups is 1. The standard InChI is InChI=1S/C2H4O2.2BrH.Zn/c1-2(3)4;;;/h1H3,(H,3,4);2*1H;/q;;;+2/p-2. The van der Waals surface area contributed by atoms with Crippen molar-refractivity contribution < 1.29 is 23.1 Å². The third kappa shape index (κ3) is 162. The quantitative estimate of drug-likeness (QED) is 0.689. The molecule has 5 heteroatoms. The molecule has 0 aliphatic carbocycles. The summed E-state index contributed by atoms with van der Waals surface area (Å²) in [5.41, 5.74) is 0. The molecule has 0 aromatic rings. The zero-order valence-corrected chi connectivity index (χ0v) is 9.96. The Kier molecular flexibility index (Phi) is 15.8. The van der Waals surface area contributed by atoms with Crippen molar-refractivity contribution in [2.45, 2.75) is 6.92 Å². The molecule has 0 aliphatic rings. The molecule has 2 nitrogen and oxygen atoms in total. The molecule has 0 spiro atoms. The van der Waals surface area contributed by atoms with Crippen LogP contribution in [0.5, 0.6) is 0 Å². The van der Waals surface area contributed by atoms with Crippen molar-refractivity contribution in [2.75, 3.05) is 0 Å². The van der Waals surface area contributed by atoms with Crippen molar-refractivity contribution in [3.63, 3.8) is 0 Å². The van der Waals surface area contributed by atoms with Gasteiger partial charge < -0.3 is 5.11 Å². The maximum absolute atomic E-state index is 9.00. The zero-order chi connectivity index (χ0) is 6.28. The summed E-state index contributed by atoms with van der Waals surface area (Å²) >= 11 is 6.25. The van der Waals surface area contributed by atoms with E-state index in [9.17, 15) is 0 Å². The van der Waals surface area contributed by atoms with E-state index in [-0.39, 0.29) is 13.2 Å². The average molecular weight is 285 g/mol. The molecule has 0 radical (unpaired) electrons. The van der Waals surface area contributed by atoms with E-state index in [0.717, 1.165) is 6.92 Å². The van der Waals surface area contributed by atoms with E-state index in [2.05, 4.69) is 27.2 Å². The second-order valence-electron chi connectivity index (χ2n) is 0.620. The molecule has 0 rings (SSSR count). The molecular formula is C2H4Br2O2Zn. The molecule has 40 valence electrons. The van der Waals surface area contributed by atoms with Gasteiger partial charge in [0, 0.05) is 6.92 Å². The summed E-state index contributed by atoms with van der Waals surface area (Å²) in [6.07, 6.45) is 0. The van der Waals surface area contributed by atoms with E-state index in [4.69, 9.17) is 9.90 Å². The van der Waals surface area contributed by atoms with Crippen molar-refractivity contribution in [3.05, 3.63) is 0 Å². The Morgan fingerprint density at radius 1 is 1.71 bits per heavy atom. The van der Waals surface area contributed by atoms with Gasteiger partial charge >= 0.3 is 40.5 Å². The van der Waals surface area contributed by atoms with Gasteiger partial charge in [0.1, 0.15) is 0 Å². The van der Waals surface area contributed by atoms with Crippen molar-refractivity contribution >= 4 is 33.2 Å². The average Bonchev–Trinajstić information content (AvgIpc) is 1.33. The summed E-state index contributed by atoms with van der Waals surface area (Å²) in [6.45, 7) is 1.08. The number of carboxylic acid groups (broad SMARTS) is 1. The number of halogens is 2. The predicted molar refractivity (Wildman–Crippen MR) is 31.2 cm³/mol. The molecule has 0 bridgehead atoms. The van der Waals surface area contributed by atoms with Crippen LogP contribution in [0.3, 0.4) is 0 Å². The van der Waals surface area contributed by atoms with Crippen molar-refractivity contribution in [3.8, 4) is 0 Å². The van der Waals surface area contributed by atoms with Gasteiger partial charge in [-0.05, 0) is 0 Å². The Morgan fingerprint density at radius 2 is 1.71 bits per heavy atom. The Morgan fingerprint density at radius 3 is 1.71 bits per heavy atom. The van der Waals surface area contributed by atoms with Gasteiger partial charge in [0.25, 0.3) is 5.97 Å². The molecule has 0 amide bonds. The van der Waals surface area contributed by atoms with Crippen LogP contribution in [0.4, 0.5) is 0 Å². The molecule has 0 fully saturated rings. The molecule has 0 saturated heterocycles. The summed E-state index contributed by atoms with van der Waals surface area (Å²) in [5, 5.41) is 7.42. The van der Waals surface area contributed by atoms with E-state index in [1.54, 1.807) is 0 Å². The van der Waals surface area contributed by atoms with E-state index in [0.29, 0.717) is 0 Å². The summed E-state index contributed by atoms with van der Waals surface area (Å²) in [6, 6.07) is 0. The first-order valence-corrected chi connectivity index (χ1v) is 15.4. The van der Waals surface area contributed by atoms with Crippen molar-refractivity contribution in [1.29, 1.82) is 0 Å². The molecule has 0 aromatic carbocycles. The van der Waals surface area contributed by atoms with E-state index in [1.165, 1.54) is 0 Å². The third-order valence-corrected chi connectivity index (χ3v) is 0. The second-order valence-corrected chi connectivity index (χ2v) is 14.7. The first kappa shape index (κ1) is 10.9. The van der Waals surface area contributed by atoms with Crippen LogP contribution < -0.4 is 0 Å². The second kappa shape index (κ2) is 10.1.